The van der Waals surface area contributed by atoms with Crippen LogP contribution in [0.15, 0.2) is 28.7 Å². The molecule has 0 aliphatic carbocycles. The van der Waals surface area contributed by atoms with Crippen molar-refractivity contribution >= 4 is 5.69 Å². The van der Waals surface area contributed by atoms with E-state index in [-0.39, 0.29) is 11.6 Å². The number of aromatic nitrogens is 2. The predicted molar refractivity (Wildman–Crippen MR) is 73.3 cm³/mol. The van der Waals surface area contributed by atoms with E-state index in [0.717, 1.165) is 19.5 Å². The first-order valence-corrected chi connectivity index (χ1v) is 6.49. The van der Waals surface area contributed by atoms with Crippen LogP contribution >= 0.6 is 0 Å². The van der Waals surface area contributed by atoms with Gasteiger partial charge >= 0.3 is 0 Å². The summed E-state index contributed by atoms with van der Waals surface area (Å²) >= 11 is 0. The average molecular weight is 276 g/mol. The van der Waals surface area contributed by atoms with Gasteiger partial charge in [-0.25, -0.2) is 0 Å². The maximum atomic E-state index is 11.0. The maximum absolute atomic E-state index is 11.0. The van der Waals surface area contributed by atoms with Gasteiger partial charge in [0.15, 0.2) is 0 Å². The molecule has 1 aromatic carbocycles. The van der Waals surface area contributed by atoms with E-state index in [1.54, 1.807) is 18.2 Å². The zero-order chi connectivity index (χ0) is 14.4. The van der Waals surface area contributed by atoms with Crippen LogP contribution in [0.5, 0.6) is 0 Å². The summed E-state index contributed by atoms with van der Waals surface area (Å²) < 4.78 is 5.47. The van der Waals surface area contributed by atoms with E-state index in [0.29, 0.717) is 17.9 Å². The first-order valence-electron chi connectivity index (χ1n) is 6.49. The lowest BCUT2D eigenvalue weighted by molar-refractivity contribution is -0.384. The van der Waals surface area contributed by atoms with E-state index in [1.807, 2.05) is 0 Å². The summed E-state index contributed by atoms with van der Waals surface area (Å²) in [5.41, 5.74) is 0.310. The summed E-state index contributed by atoms with van der Waals surface area (Å²) in [5, 5.41) is 22.0. The Morgan fingerprint density at radius 3 is 2.85 bits per heavy atom. The third-order valence-electron chi connectivity index (χ3n) is 2.74. The number of benzene rings is 1. The van der Waals surface area contributed by atoms with Gasteiger partial charge in [0.25, 0.3) is 11.6 Å². The van der Waals surface area contributed by atoms with Crippen LogP contribution in [0.25, 0.3) is 11.5 Å². The molecule has 0 atom stereocenters. The van der Waals surface area contributed by atoms with Gasteiger partial charge in [0.05, 0.1) is 4.92 Å². The fourth-order valence-electron chi connectivity index (χ4n) is 1.77. The largest absolute Gasteiger partial charge is 0.420 e. The number of nitrogens with one attached hydrogen (secondary N) is 1. The predicted octanol–water partition coefficient (Wildman–Crippen LogP) is 2.19. The first kappa shape index (κ1) is 14.1. The molecule has 0 bridgehead atoms. The molecule has 7 heteroatoms. The second-order valence-electron chi connectivity index (χ2n) is 4.28. The number of nitrogens with zero attached hydrogens (tertiary/aromatic N) is 3. The summed E-state index contributed by atoms with van der Waals surface area (Å²) in [6.45, 7) is 3.77. The van der Waals surface area contributed by atoms with Gasteiger partial charge in [-0.05, 0) is 19.0 Å². The smallest absolute Gasteiger partial charge is 0.282 e. The van der Waals surface area contributed by atoms with E-state index in [9.17, 15) is 10.1 Å². The van der Waals surface area contributed by atoms with Gasteiger partial charge in [-0.1, -0.05) is 19.1 Å². The highest BCUT2D eigenvalue weighted by Crippen LogP contribution is 2.28. The Hall–Kier alpha value is -2.28. The highest BCUT2D eigenvalue weighted by Gasteiger charge is 2.19. The topological polar surface area (TPSA) is 94.1 Å². The molecule has 1 N–H and O–H groups in total. The molecule has 106 valence electrons. The number of para-hydroxylation sites is 1. The lowest BCUT2D eigenvalue weighted by Gasteiger charge is -1.99. The van der Waals surface area contributed by atoms with Crippen molar-refractivity contribution in [3.8, 4) is 11.5 Å². The number of rotatable bonds is 7. The Balaban J connectivity index is 2.11. The van der Waals surface area contributed by atoms with Crippen LogP contribution < -0.4 is 5.32 Å². The highest BCUT2D eigenvalue weighted by atomic mass is 16.6. The zero-order valence-electron chi connectivity index (χ0n) is 11.2. The number of hydrogen-bond acceptors (Lipinski definition) is 6. The van der Waals surface area contributed by atoms with Crippen molar-refractivity contribution in [3.05, 3.63) is 40.3 Å². The summed E-state index contributed by atoms with van der Waals surface area (Å²) in [6, 6.07) is 6.33. The third kappa shape index (κ3) is 3.39. The zero-order valence-corrected chi connectivity index (χ0v) is 11.2. The van der Waals surface area contributed by atoms with Crippen molar-refractivity contribution in [1.82, 2.24) is 15.5 Å². The van der Waals surface area contributed by atoms with Gasteiger partial charge in [0.1, 0.15) is 5.56 Å². The molecule has 20 heavy (non-hydrogen) atoms. The van der Waals surface area contributed by atoms with Crippen molar-refractivity contribution in [2.75, 3.05) is 13.1 Å². The minimum Gasteiger partial charge on any atom is -0.420 e. The molecule has 0 amide bonds. The van der Waals surface area contributed by atoms with Gasteiger partial charge < -0.3 is 9.73 Å². The standard InChI is InChI=1S/C13H16N4O3/c1-2-8-14-9-7-12-15-16-13(20-12)10-5-3-4-6-11(10)17(18)19/h3-6,14H,2,7-9H2,1H3. The van der Waals surface area contributed by atoms with Crippen molar-refractivity contribution in [2.45, 2.75) is 19.8 Å². The molecule has 0 saturated heterocycles. The molecule has 1 aromatic heterocycles. The van der Waals surface area contributed by atoms with E-state index in [4.69, 9.17) is 4.42 Å². The van der Waals surface area contributed by atoms with Crippen molar-refractivity contribution in [3.63, 3.8) is 0 Å². The molecule has 0 fully saturated rings. The Bertz CT molecular complexity index is 583. The fraction of sp³-hybridized carbons (Fsp3) is 0.385. The molecule has 0 unspecified atom stereocenters. The monoisotopic (exact) mass is 276 g/mol. The van der Waals surface area contributed by atoms with Crippen molar-refractivity contribution in [1.29, 1.82) is 0 Å². The Morgan fingerprint density at radius 1 is 1.30 bits per heavy atom. The Labute approximate surface area is 116 Å². The van der Waals surface area contributed by atoms with Crippen molar-refractivity contribution < 1.29 is 9.34 Å². The first-order chi connectivity index (χ1) is 9.72. The van der Waals surface area contributed by atoms with E-state index in [2.05, 4.69) is 22.4 Å². The van der Waals surface area contributed by atoms with E-state index in [1.165, 1.54) is 6.07 Å². The third-order valence-corrected chi connectivity index (χ3v) is 2.74. The Morgan fingerprint density at radius 2 is 2.10 bits per heavy atom. The van der Waals surface area contributed by atoms with Crippen molar-refractivity contribution in [2.24, 2.45) is 0 Å². The number of nitro benzene ring substituents is 1. The maximum Gasteiger partial charge on any atom is 0.282 e. The van der Waals surface area contributed by atoms with Crippen LogP contribution in [0.2, 0.25) is 0 Å². The molecule has 0 saturated carbocycles. The molecule has 0 spiro atoms. The summed E-state index contributed by atoms with van der Waals surface area (Å²) in [5.74, 6) is 0.657. The van der Waals surface area contributed by atoms with Crippen LogP contribution in [0.3, 0.4) is 0 Å². The van der Waals surface area contributed by atoms with Crippen LogP contribution in [0, 0.1) is 10.1 Å². The summed E-state index contributed by atoms with van der Waals surface area (Å²) in [6.07, 6.45) is 1.67. The Kier molecular flexibility index (Phi) is 4.78. The van der Waals surface area contributed by atoms with E-state index < -0.39 is 4.92 Å². The summed E-state index contributed by atoms with van der Waals surface area (Å²) in [7, 11) is 0. The van der Waals surface area contributed by atoms with Crippen LogP contribution in [0.4, 0.5) is 5.69 Å². The molecule has 2 rings (SSSR count). The SMILES string of the molecule is CCCNCCc1nnc(-c2ccccc2[N+](=O)[O-])o1. The van der Waals surface area contributed by atoms with Gasteiger partial charge in [-0.3, -0.25) is 10.1 Å². The van der Waals surface area contributed by atoms with E-state index >= 15 is 0 Å². The summed E-state index contributed by atoms with van der Waals surface area (Å²) in [4.78, 5) is 10.5. The van der Waals surface area contributed by atoms with Crippen LogP contribution in [-0.2, 0) is 6.42 Å². The quantitative estimate of drug-likeness (QED) is 0.473. The second-order valence-corrected chi connectivity index (χ2v) is 4.28. The molecule has 2 aromatic rings. The number of hydrogen-bond donors (Lipinski definition) is 1. The lowest BCUT2D eigenvalue weighted by atomic mass is 10.2. The fourth-order valence-corrected chi connectivity index (χ4v) is 1.77. The minimum atomic E-state index is -0.456. The molecule has 0 aliphatic rings. The normalized spacial score (nSPS) is 10.7. The average Bonchev–Trinajstić information content (AvgIpc) is 2.92. The van der Waals surface area contributed by atoms with Crippen LogP contribution in [-0.4, -0.2) is 28.2 Å². The molecule has 0 radical (unpaired) electrons. The molecular weight excluding hydrogens is 260 g/mol. The number of nitro groups is 1. The molecular formula is C13H16N4O3. The van der Waals surface area contributed by atoms with Gasteiger partial charge in [-0.2, -0.15) is 0 Å². The van der Waals surface area contributed by atoms with Gasteiger partial charge in [0, 0.05) is 19.0 Å². The van der Waals surface area contributed by atoms with Gasteiger partial charge in [-0.15, -0.1) is 10.2 Å². The molecule has 1 heterocycles. The van der Waals surface area contributed by atoms with Crippen LogP contribution in [0.1, 0.15) is 19.2 Å². The molecule has 7 nitrogen and oxygen atoms in total. The van der Waals surface area contributed by atoms with Gasteiger partial charge in [0.2, 0.25) is 5.89 Å². The lowest BCUT2D eigenvalue weighted by Crippen LogP contribution is -2.17. The molecule has 0 aliphatic heterocycles. The highest BCUT2D eigenvalue weighted by molar-refractivity contribution is 5.66. The second kappa shape index (κ2) is 6.76. The minimum absolute atomic E-state index is 0.0354.